The van der Waals surface area contributed by atoms with Crippen LogP contribution in [0.5, 0.6) is 0 Å². The Morgan fingerprint density at radius 1 is 1.44 bits per heavy atom. The molecule has 0 radical (unpaired) electrons. The molecule has 0 spiro atoms. The SMILES string of the molecule is CCC1CN(CC2CCCO2)C(C)(C)CN1. The molecule has 2 aliphatic rings. The van der Waals surface area contributed by atoms with Gasteiger partial charge in [-0.2, -0.15) is 0 Å². The smallest absolute Gasteiger partial charge is 0.0703 e. The molecule has 2 saturated heterocycles. The first-order valence-electron chi connectivity index (χ1n) is 6.72. The Bertz CT molecular complexity index is 224. The Balaban J connectivity index is 1.92. The monoisotopic (exact) mass is 226 g/mol. The van der Waals surface area contributed by atoms with Gasteiger partial charge in [0.2, 0.25) is 0 Å². The molecule has 2 fully saturated rings. The molecule has 2 atom stereocenters. The Labute approximate surface area is 99.5 Å². The van der Waals surface area contributed by atoms with E-state index in [-0.39, 0.29) is 5.54 Å². The highest BCUT2D eigenvalue weighted by Gasteiger charge is 2.35. The van der Waals surface area contributed by atoms with Crippen LogP contribution in [0, 0.1) is 0 Å². The van der Waals surface area contributed by atoms with Gasteiger partial charge >= 0.3 is 0 Å². The first-order chi connectivity index (χ1) is 7.62. The van der Waals surface area contributed by atoms with Crippen molar-refractivity contribution < 1.29 is 4.74 Å². The van der Waals surface area contributed by atoms with Crippen molar-refractivity contribution in [3.8, 4) is 0 Å². The van der Waals surface area contributed by atoms with Crippen molar-refractivity contribution in [3.63, 3.8) is 0 Å². The summed E-state index contributed by atoms with van der Waals surface area (Å²) in [4.78, 5) is 2.62. The van der Waals surface area contributed by atoms with E-state index in [2.05, 4.69) is 31.0 Å². The summed E-state index contributed by atoms with van der Waals surface area (Å²) in [5.74, 6) is 0. The molecule has 0 aromatic carbocycles. The fourth-order valence-electron chi connectivity index (χ4n) is 2.71. The van der Waals surface area contributed by atoms with E-state index < -0.39 is 0 Å². The number of rotatable bonds is 3. The summed E-state index contributed by atoms with van der Waals surface area (Å²) in [6.07, 6.45) is 4.19. The number of piperazine rings is 1. The molecule has 0 amide bonds. The van der Waals surface area contributed by atoms with E-state index in [0.717, 1.165) is 19.7 Å². The zero-order valence-corrected chi connectivity index (χ0v) is 11.0. The third kappa shape index (κ3) is 2.76. The van der Waals surface area contributed by atoms with Crippen LogP contribution in [0.2, 0.25) is 0 Å². The van der Waals surface area contributed by atoms with Crippen molar-refractivity contribution in [1.29, 1.82) is 0 Å². The molecule has 16 heavy (non-hydrogen) atoms. The Morgan fingerprint density at radius 2 is 2.25 bits per heavy atom. The van der Waals surface area contributed by atoms with Crippen LogP contribution in [0.4, 0.5) is 0 Å². The van der Waals surface area contributed by atoms with Gasteiger partial charge in [0.25, 0.3) is 0 Å². The van der Waals surface area contributed by atoms with Gasteiger partial charge in [0.15, 0.2) is 0 Å². The fraction of sp³-hybridized carbons (Fsp3) is 1.00. The highest BCUT2D eigenvalue weighted by molar-refractivity contribution is 4.93. The Hall–Kier alpha value is -0.120. The van der Waals surface area contributed by atoms with Crippen LogP contribution in [0.1, 0.15) is 40.0 Å². The van der Waals surface area contributed by atoms with E-state index in [0.29, 0.717) is 12.1 Å². The van der Waals surface area contributed by atoms with E-state index in [1.54, 1.807) is 0 Å². The van der Waals surface area contributed by atoms with Crippen molar-refractivity contribution in [2.75, 3.05) is 26.2 Å². The molecule has 0 aromatic heterocycles. The minimum absolute atomic E-state index is 0.275. The average molecular weight is 226 g/mol. The number of hydrogen-bond acceptors (Lipinski definition) is 3. The first kappa shape index (κ1) is 12.3. The van der Waals surface area contributed by atoms with Gasteiger partial charge in [0.1, 0.15) is 0 Å². The van der Waals surface area contributed by atoms with Crippen LogP contribution in [-0.4, -0.2) is 48.8 Å². The van der Waals surface area contributed by atoms with Gasteiger partial charge in [-0.15, -0.1) is 0 Å². The van der Waals surface area contributed by atoms with Gasteiger partial charge in [-0.1, -0.05) is 6.92 Å². The normalized spacial score (nSPS) is 35.4. The standard InChI is InChI=1S/C13H26N2O/c1-4-11-8-15(13(2,3)10-14-11)9-12-6-5-7-16-12/h11-12,14H,4-10H2,1-3H3. The summed E-state index contributed by atoms with van der Waals surface area (Å²) in [5.41, 5.74) is 0.275. The number of nitrogens with zero attached hydrogens (tertiary/aromatic N) is 1. The maximum atomic E-state index is 5.76. The van der Waals surface area contributed by atoms with E-state index in [4.69, 9.17) is 4.74 Å². The molecule has 2 unspecified atom stereocenters. The molecule has 3 heteroatoms. The molecular weight excluding hydrogens is 200 g/mol. The molecule has 94 valence electrons. The van der Waals surface area contributed by atoms with Gasteiger partial charge in [-0.3, -0.25) is 4.90 Å². The van der Waals surface area contributed by atoms with E-state index >= 15 is 0 Å². The quantitative estimate of drug-likeness (QED) is 0.791. The van der Waals surface area contributed by atoms with Crippen LogP contribution in [0.25, 0.3) is 0 Å². The summed E-state index contributed by atoms with van der Waals surface area (Å²) < 4.78 is 5.76. The van der Waals surface area contributed by atoms with Crippen LogP contribution < -0.4 is 5.32 Å². The highest BCUT2D eigenvalue weighted by Crippen LogP contribution is 2.23. The molecule has 2 rings (SSSR count). The third-order valence-electron chi connectivity index (χ3n) is 4.06. The lowest BCUT2D eigenvalue weighted by Crippen LogP contribution is -2.62. The van der Waals surface area contributed by atoms with Gasteiger partial charge in [-0.25, -0.2) is 0 Å². The third-order valence-corrected chi connectivity index (χ3v) is 4.06. The van der Waals surface area contributed by atoms with Crippen LogP contribution in [0.3, 0.4) is 0 Å². The summed E-state index contributed by atoms with van der Waals surface area (Å²) in [7, 11) is 0. The molecular formula is C13H26N2O. The largest absolute Gasteiger partial charge is 0.377 e. The Morgan fingerprint density at radius 3 is 2.88 bits per heavy atom. The minimum Gasteiger partial charge on any atom is -0.377 e. The molecule has 0 saturated carbocycles. The summed E-state index contributed by atoms with van der Waals surface area (Å²) in [6.45, 7) is 11.3. The van der Waals surface area contributed by atoms with Gasteiger partial charge in [0, 0.05) is 37.8 Å². The molecule has 2 heterocycles. The molecule has 1 N–H and O–H groups in total. The van der Waals surface area contributed by atoms with E-state index in [1.807, 2.05) is 0 Å². The molecule has 0 aliphatic carbocycles. The lowest BCUT2D eigenvalue weighted by molar-refractivity contribution is 0.00743. The molecule has 2 aliphatic heterocycles. The average Bonchev–Trinajstić information content (AvgIpc) is 2.74. The zero-order valence-electron chi connectivity index (χ0n) is 11.0. The second-order valence-electron chi connectivity index (χ2n) is 5.84. The van der Waals surface area contributed by atoms with Gasteiger partial charge in [0.05, 0.1) is 6.10 Å². The van der Waals surface area contributed by atoms with Crippen molar-refractivity contribution in [3.05, 3.63) is 0 Å². The summed E-state index contributed by atoms with van der Waals surface area (Å²) in [6, 6.07) is 0.662. The van der Waals surface area contributed by atoms with E-state index in [1.165, 1.54) is 25.8 Å². The second kappa shape index (κ2) is 5.03. The molecule has 3 nitrogen and oxygen atoms in total. The predicted octanol–water partition coefficient (Wildman–Crippen LogP) is 1.63. The zero-order chi connectivity index (χ0) is 11.6. The van der Waals surface area contributed by atoms with Crippen molar-refractivity contribution in [1.82, 2.24) is 10.2 Å². The predicted molar refractivity (Wildman–Crippen MR) is 66.7 cm³/mol. The molecule has 0 bridgehead atoms. The first-order valence-corrected chi connectivity index (χ1v) is 6.72. The summed E-state index contributed by atoms with van der Waals surface area (Å²) in [5, 5.41) is 3.63. The molecule has 0 aromatic rings. The van der Waals surface area contributed by atoms with Crippen LogP contribution >= 0.6 is 0 Å². The van der Waals surface area contributed by atoms with Gasteiger partial charge < -0.3 is 10.1 Å². The second-order valence-corrected chi connectivity index (χ2v) is 5.84. The van der Waals surface area contributed by atoms with Gasteiger partial charge in [-0.05, 0) is 33.1 Å². The summed E-state index contributed by atoms with van der Waals surface area (Å²) >= 11 is 0. The number of nitrogens with one attached hydrogen (secondary N) is 1. The number of hydrogen-bond donors (Lipinski definition) is 1. The highest BCUT2D eigenvalue weighted by atomic mass is 16.5. The lowest BCUT2D eigenvalue weighted by atomic mass is 9.96. The Kier molecular flexibility index (Phi) is 3.88. The lowest BCUT2D eigenvalue weighted by Gasteiger charge is -2.46. The van der Waals surface area contributed by atoms with Crippen LogP contribution in [0.15, 0.2) is 0 Å². The van der Waals surface area contributed by atoms with Crippen molar-refractivity contribution >= 4 is 0 Å². The maximum absolute atomic E-state index is 5.76. The van der Waals surface area contributed by atoms with Crippen LogP contribution in [-0.2, 0) is 4.74 Å². The topological polar surface area (TPSA) is 24.5 Å². The number of ether oxygens (including phenoxy) is 1. The maximum Gasteiger partial charge on any atom is 0.0703 e. The van der Waals surface area contributed by atoms with Crippen molar-refractivity contribution in [2.24, 2.45) is 0 Å². The van der Waals surface area contributed by atoms with E-state index in [9.17, 15) is 0 Å². The minimum atomic E-state index is 0.275. The van der Waals surface area contributed by atoms with Crippen molar-refractivity contribution in [2.45, 2.75) is 57.7 Å². The fourth-order valence-corrected chi connectivity index (χ4v) is 2.71.